The summed E-state index contributed by atoms with van der Waals surface area (Å²) in [7, 11) is 0. The van der Waals surface area contributed by atoms with Gasteiger partial charge in [-0.05, 0) is 57.0 Å². The van der Waals surface area contributed by atoms with Crippen molar-refractivity contribution in [2.75, 3.05) is 13.1 Å². The highest BCUT2D eigenvalue weighted by atomic mass is 35.5. The molecule has 0 bridgehead atoms. The van der Waals surface area contributed by atoms with E-state index in [1.54, 1.807) is 24.3 Å². The molecule has 2 atom stereocenters. The molecular weight excluding hydrogens is 248 g/mol. The summed E-state index contributed by atoms with van der Waals surface area (Å²) in [5.41, 5.74) is 0.623. The van der Waals surface area contributed by atoms with E-state index in [0.29, 0.717) is 16.5 Å². The molecule has 0 radical (unpaired) electrons. The molecule has 2 N–H and O–H groups in total. The molecule has 1 saturated heterocycles. The van der Waals surface area contributed by atoms with E-state index in [1.165, 1.54) is 12.8 Å². The van der Waals surface area contributed by atoms with E-state index in [0.717, 1.165) is 13.1 Å². The van der Waals surface area contributed by atoms with Gasteiger partial charge in [-0.25, -0.2) is 0 Å². The first-order valence-electron chi connectivity index (χ1n) is 6.44. The normalized spacial score (nSPS) is 21.3. The van der Waals surface area contributed by atoms with Crippen LogP contribution in [0.4, 0.5) is 0 Å². The smallest absolute Gasteiger partial charge is 0.251 e. The first-order valence-corrected chi connectivity index (χ1v) is 6.82. The lowest BCUT2D eigenvalue weighted by molar-refractivity contribution is 0.0922. The third-order valence-corrected chi connectivity index (χ3v) is 3.72. The SMILES string of the molecule is CC(NC(=O)c1cccc(Cl)c1)C1CCCNC1. The molecule has 1 amide bonds. The van der Waals surface area contributed by atoms with Crippen LogP contribution < -0.4 is 10.6 Å². The van der Waals surface area contributed by atoms with E-state index in [4.69, 9.17) is 11.6 Å². The summed E-state index contributed by atoms with van der Waals surface area (Å²) in [5.74, 6) is 0.470. The Morgan fingerprint density at radius 2 is 2.39 bits per heavy atom. The third kappa shape index (κ3) is 3.47. The van der Waals surface area contributed by atoms with Crippen LogP contribution in [0.15, 0.2) is 24.3 Å². The van der Waals surface area contributed by atoms with Gasteiger partial charge in [-0.15, -0.1) is 0 Å². The first kappa shape index (κ1) is 13.4. The van der Waals surface area contributed by atoms with Crippen molar-refractivity contribution in [3.63, 3.8) is 0 Å². The summed E-state index contributed by atoms with van der Waals surface area (Å²) in [6, 6.07) is 7.23. The maximum atomic E-state index is 12.1. The van der Waals surface area contributed by atoms with Crippen LogP contribution in [-0.4, -0.2) is 25.0 Å². The number of halogens is 1. The van der Waals surface area contributed by atoms with Crippen molar-refractivity contribution in [1.82, 2.24) is 10.6 Å². The zero-order valence-corrected chi connectivity index (χ0v) is 11.3. The van der Waals surface area contributed by atoms with Gasteiger partial charge in [0.15, 0.2) is 0 Å². The van der Waals surface area contributed by atoms with Crippen molar-refractivity contribution in [2.24, 2.45) is 5.92 Å². The van der Waals surface area contributed by atoms with Gasteiger partial charge in [-0.2, -0.15) is 0 Å². The van der Waals surface area contributed by atoms with E-state index in [2.05, 4.69) is 17.6 Å². The first-order chi connectivity index (χ1) is 8.66. The second kappa shape index (κ2) is 6.21. The number of piperidine rings is 1. The maximum Gasteiger partial charge on any atom is 0.251 e. The number of amides is 1. The molecule has 2 rings (SSSR count). The molecule has 1 aliphatic rings. The molecule has 0 spiro atoms. The van der Waals surface area contributed by atoms with Crippen LogP contribution in [0, 0.1) is 5.92 Å². The van der Waals surface area contributed by atoms with Crippen molar-refractivity contribution in [3.8, 4) is 0 Å². The molecule has 4 heteroatoms. The Kier molecular flexibility index (Phi) is 4.61. The van der Waals surface area contributed by atoms with Gasteiger partial charge in [-0.1, -0.05) is 17.7 Å². The van der Waals surface area contributed by atoms with Gasteiger partial charge in [0.1, 0.15) is 0 Å². The Labute approximate surface area is 113 Å². The number of hydrogen-bond acceptors (Lipinski definition) is 2. The molecule has 1 fully saturated rings. The number of carbonyl (C=O) groups excluding carboxylic acids is 1. The quantitative estimate of drug-likeness (QED) is 0.882. The summed E-state index contributed by atoms with van der Waals surface area (Å²) < 4.78 is 0. The molecule has 1 aromatic rings. The summed E-state index contributed by atoms with van der Waals surface area (Å²) in [6.07, 6.45) is 2.35. The van der Waals surface area contributed by atoms with Crippen LogP contribution in [-0.2, 0) is 0 Å². The van der Waals surface area contributed by atoms with Gasteiger partial charge >= 0.3 is 0 Å². The number of nitrogens with one attached hydrogen (secondary N) is 2. The third-order valence-electron chi connectivity index (χ3n) is 3.49. The fourth-order valence-corrected chi connectivity index (χ4v) is 2.53. The molecule has 1 aromatic carbocycles. The van der Waals surface area contributed by atoms with Gasteiger partial charge in [-0.3, -0.25) is 4.79 Å². The molecule has 98 valence electrons. The van der Waals surface area contributed by atoms with Crippen LogP contribution in [0.1, 0.15) is 30.1 Å². The predicted octanol–water partition coefficient (Wildman–Crippen LogP) is 2.46. The maximum absolute atomic E-state index is 12.1. The van der Waals surface area contributed by atoms with E-state index in [-0.39, 0.29) is 11.9 Å². The molecule has 1 aliphatic heterocycles. The van der Waals surface area contributed by atoms with E-state index in [9.17, 15) is 4.79 Å². The number of hydrogen-bond donors (Lipinski definition) is 2. The monoisotopic (exact) mass is 266 g/mol. The number of carbonyl (C=O) groups is 1. The lowest BCUT2D eigenvalue weighted by Gasteiger charge is -2.28. The minimum Gasteiger partial charge on any atom is -0.349 e. The summed E-state index contributed by atoms with van der Waals surface area (Å²) in [5, 5.41) is 7.01. The minimum absolute atomic E-state index is 0.0458. The van der Waals surface area contributed by atoms with Crippen LogP contribution in [0.5, 0.6) is 0 Å². The molecule has 1 heterocycles. The Morgan fingerprint density at radius 1 is 1.56 bits per heavy atom. The zero-order chi connectivity index (χ0) is 13.0. The molecule has 0 aliphatic carbocycles. The Hall–Kier alpha value is -1.06. The van der Waals surface area contributed by atoms with E-state index < -0.39 is 0 Å². The lowest BCUT2D eigenvalue weighted by Crippen LogP contribution is -2.44. The Balaban J connectivity index is 1.94. The van der Waals surface area contributed by atoms with E-state index >= 15 is 0 Å². The molecule has 2 unspecified atom stereocenters. The second-order valence-electron chi connectivity index (χ2n) is 4.88. The highest BCUT2D eigenvalue weighted by Gasteiger charge is 2.21. The molecule has 3 nitrogen and oxygen atoms in total. The number of rotatable bonds is 3. The highest BCUT2D eigenvalue weighted by Crippen LogP contribution is 2.15. The highest BCUT2D eigenvalue weighted by molar-refractivity contribution is 6.30. The molecule has 0 aromatic heterocycles. The van der Waals surface area contributed by atoms with Gasteiger partial charge in [0, 0.05) is 16.6 Å². The summed E-state index contributed by atoms with van der Waals surface area (Å²) in [4.78, 5) is 12.1. The average molecular weight is 267 g/mol. The lowest BCUT2D eigenvalue weighted by atomic mass is 9.92. The van der Waals surface area contributed by atoms with Gasteiger partial charge in [0.05, 0.1) is 0 Å². The van der Waals surface area contributed by atoms with Crippen molar-refractivity contribution in [2.45, 2.75) is 25.8 Å². The number of benzene rings is 1. The van der Waals surface area contributed by atoms with Crippen LogP contribution in [0.2, 0.25) is 5.02 Å². The molecular formula is C14H19ClN2O. The summed E-state index contributed by atoms with van der Waals surface area (Å²) >= 11 is 5.88. The largest absolute Gasteiger partial charge is 0.349 e. The summed E-state index contributed by atoms with van der Waals surface area (Å²) in [6.45, 7) is 4.14. The zero-order valence-electron chi connectivity index (χ0n) is 10.6. The molecule has 18 heavy (non-hydrogen) atoms. The predicted molar refractivity (Wildman–Crippen MR) is 74.0 cm³/mol. The van der Waals surface area contributed by atoms with Crippen molar-refractivity contribution >= 4 is 17.5 Å². The van der Waals surface area contributed by atoms with E-state index in [1.807, 2.05) is 0 Å². The second-order valence-corrected chi connectivity index (χ2v) is 5.32. The standard InChI is InChI=1S/C14H19ClN2O/c1-10(12-5-3-7-16-9-12)17-14(18)11-4-2-6-13(15)8-11/h2,4,6,8,10,12,16H,3,5,7,9H2,1H3,(H,17,18). The van der Waals surface area contributed by atoms with Crippen LogP contribution in [0.3, 0.4) is 0 Å². The Morgan fingerprint density at radius 3 is 3.06 bits per heavy atom. The minimum atomic E-state index is -0.0458. The van der Waals surface area contributed by atoms with Crippen LogP contribution >= 0.6 is 11.6 Å². The van der Waals surface area contributed by atoms with Crippen LogP contribution in [0.25, 0.3) is 0 Å². The molecule has 0 saturated carbocycles. The topological polar surface area (TPSA) is 41.1 Å². The van der Waals surface area contributed by atoms with Gasteiger partial charge in [0.25, 0.3) is 5.91 Å². The van der Waals surface area contributed by atoms with Gasteiger partial charge < -0.3 is 10.6 Å². The van der Waals surface area contributed by atoms with Crippen molar-refractivity contribution in [3.05, 3.63) is 34.9 Å². The Bertz CT molecular complexity index is 416. The van der Waals surface area contributed by atoms with Crippen molar-refractivity contribution < 1.29 is 4.79 Å². The fourth-order valence-electron chi connectivity index (χ4n) is 2.34. The fraction of sp³-hybridized carbons (Fsp3) is 0.500. The average Bonchev–Trinajstić information content (AvgIpc) is 2.39. The van der Waals surface area contributed by atoms with Gasteiger partial charge in [0.2, 0.25) is 0 Å². The van der Waals surface area contributed by atoms with Crippen molar-refractivity contribution in [1.29, 1.82) is 0 Å².